The van der Waals surface area contributed by atoms with E-state index in [1.54, 1.807) is 0 Å². The van der Waals surface area contributed by atoms with Gasteiger partial charge in [0.1, 0.15) is 11.5 Å². The highest BCUT2D eigenvalue weighted by Crippen LogP contribution is 2.34. The second kappa shape index (κ2) is 11.3. The number of carboxylic acids is 1. The van der Waals surface area contributed by atoms with Gasteiger partial charge in [0, 0.05) is 39.8 Å². The van der Waals surface area contributed by atoms with Gasteiger partial charge in [0.15, 0.2) is 23.0 Å². The van der Waals surface area contributed by atoms with Crippen molar-refractivity contribution in [2.45, 2.75) is 34.0 Å². The van der Waals surface area contributed by atoms with Crippen molar-refractivity contribution >= 4 is 29.8 Å². The van der Waals surface area contributed by atoms with Gasteiger partial charge in [-0.05, 0) is 24.3 Å². The fourth-order valence-electron chi connectivity index (χ4n) is 2.44. The second-order valence-electron chi connectivity index (χ2n) is 6.50. The Labute approximate surface area is 192 Å². The molecule has 2 rings (SSSR count). The van der Waals surface area contributed by atoms with E-state index in [0.717, 1.165) is 39.8 Å². The predicted octanol–water partition coefficient (Wildman–Crippen LogP) is 2.26. The van der Waals surface area contributed by atoms with Crippen molar-refractivity contribution in [3.63, 3.8) is 0 Å². The summed E-state index contributed by atoms with van der Waals surface area (Å²) in [6, 6.07) is 7.26. The standard InChI is InChI=1S/C22H20O12/c1-11(23)29-17-7-5-15(9-19(17)31-13(3)25)33-22(21(27)28)34-16-6-8-18(30-12(2)24)20(10-16)32-14(4)26/h5-10,22H,1-4H3,(H,27,28). The summed E-state index contributed by atoms with van der Waals surface area (Å²) in [4.78, 5) is 56.9. The largest absolute Gasteiger partial charge is 0.476 e. The number of rotatable bonds is 9. The Morgan fingerprint density at radius 2 is 0.912 bits per heavy atom. The Morgan fingerprint density at radius 1 is 0.588 bits per heavy atom. The lowest BCUT2D eigenvalue weighted by Crippen LogP contribution is -2.33. The fourth-order valence-corrected chi connectivity index (χ4v) is 2.44. The Kier molecular flexibility index (Phi) is 8.53. The number of carbonyl (C=O) groups is 5. The Bertz CT molecular complexity index is 1040. The van der Waals surface area contributed by atoms with Crippen molar-refractivity contribution < 1.29 is 57.5 Å². The molecule has 12 nitrogen and oxygen atoms in total. The highest BCUT2D eigenvalue weighted by atomic mass is 16.7. The number of esters is 4. The van der Waals surface area contributed by atoms with Gasteiger partial charge < -0.3 is 33.5 Å². The Morgan fingerprint density at radius 3 is 1.21 bits per heavy atom. The van der Waals surface area contributed by atoms with E-state index in [1.165, 1.54) is 24.3 Å². The first kappa shape index (κ1) is 25.6. The van der Waals surface area contributed by atoms with Crippen LogP contribution in [0.15, 0.2) is 36.4 Å². The molecular formula is C22H20O12. The van der Waals surface area contributed by atoms with Gasteiger partial charge in [-0.1, -0.05) is 0 Å². The molecule has 0 bridgehead atoms. The number of carbonyl (C=O) groups excluding carboxylic acids is 4. The third kappa shape index (κ3) is 7.82. The number of hydrogen-bond acceptors (Lipinski definition) is 11. The van der Waals surface area contributed by atoms with E-state index >= 15 is 0 Å². The van der Waals surface area contributed by atoms with Crippen LogP contribution in [0.3, 0.4) is 0 Å². The van der Waals surface area contributed by atoms with Crippen LogP contribution in [-0.4, -0.2) is 41.2 Å². The molecule has 0 saturated heterocycles. The average molecular weight is 476 g/mol. The predicted molar refractivity (Wildman–Crippen MR) is 111 cm³/mol. The Balaban J connectivity index is 2.31. The van der Waals surface area contributed by atoms with E-state index in [9.17, 15) is 29.1 Å². The zero-order valence-electron chi connectivity index (χ0n) is 18.5. The zero-order valence-corrected chi connectivity index (χ0v) is 18.5. The van der Waals surface area contributed by atoms with Gasteiger partial charge in [0.05, 0.1) is 0 Å². The molecular weight excluding hydrogens is 456 g/mol. The number of ether oxygens (including phenoxy) is 6. The first-order valence-electron chi connectivity index (χ1n) is 9.52. The van der Waals surface area contributed by atoms with Gasteiger partial charge in [0.25, 0.3) is 0 Å². The van der Waals surface area contributed by atoms with Gasteiger partial charge in [-0.15, -0.1) is 0 Å². The van der Waals surface area contributed by atoms with Crippen molar-refractivity contribution in [2.24, 2.45) is 0 Å². The molecule has 0 aliphatic rings. The minimum Gasteiger partial charge on any atom is -0.476 e. The van der Waals surface area contributed by atoms with E-state index < -0.39 is 36.1 Å². The monoisotopic (exact) mass is 476 g/mol. The molecule has 0 atom stereocenters. The summed E-state index contributed by atoms with van der Waals surface area (Å²) in [5.41, 5.74) is 0. The maximum atomic E-state index is 11.7. The van der Waals surface area contributed by atoms with Crippen LogP contribution in [0.5, 0.6) is 34.5 Å². The molecule has 0 fully saturated rings. The lowest BCUT2D eigenvalue weighted by Gasteiger charge is -2.18. The van der Waals surface area contributed by atoms with Gasteiger partial charge in [-0.2, -0.15) is 0 Å². The summed E-state index contributed by atoms with van der Waals surface area (Å²) < 4.78 is 30.5. The summed E-state index contributed by atoms with van der Waals surface area (Å²) >= 11 is 0. The normalized spacial score (nSPS) is 10.1. The lowest BCUT2D eigenvalue weighted by molar-refractivity contribution is -0.158. The third-order valence-corrected chi connectivity index (χ3v) is 3.53. The SMILES string of the molecule is CC(=O)Oc1ccc(OC(Oc2ccc(OC(C)=O)c(OC(C)=O)c2)C(=O)O)cc1OC(C)=O. The highest BCUT2D eigenvalue weighted by Gasteiger charge is 2.24. The van der Waals surface area contributed by atoms with Gasteiger partial charge in [-0.25, -0.2) is 4.79 Å². The second-order valence-corrected chi connectivity index (χ2v) is 6.50. The molecule has 0 saturated carbocycles. The van der Waals surface area contributed by atoms with Crippen molar-refractivity contribution in [1.29, 1.82) is 0 Å². The fraction of sp³-hybridized carbons (Fsp3) is 0.227. The molecule has 0 aliphatic heterocycles. The molecule has 12 heteroatoms. The maximum Gasteiger partial charge on any atom is 0.387 e. The number of carboxylic acid groups (broad SMARTS) is 1. The molecule has 2 aromatic carbocycles. The molecule has 1 N–H and O–H groups in total. The van der Waals surface area contributed by atoms with Gasteiger partial charge >= 0.3 is 36.1 Å². The van der Waals surface area contributed by atoms with Crippen LogP contribution >= 0.6 is 0 Å². The van der Waals surface area contributed by atoms with E-state index in [2.05, 4.69) is 0 Å². The molecule has 0 radical (unpaired) electrons. The third-order valence-electron chi connectivity index (χ3n) is 3.53. The van der Waals surface area contributed by atoms with Gasteiger partial charge in [-0.3, -0.25) is 19.2 Å². The smallest absolute Gasteiger partial charge is 0.387 e. The lowest BCUT2D eigenvalue weighted by atomic mass is 10.3. The molecule has 0 aromatic heterocycles. The van der Waals surface area contributed by atoms with Crippen molar-refractivity contribution in [2.75, 3.05) is 0 Å². The maximum absolute atomic E-state index is 11.7. The van der Waals surface area contributed by atoms with E-state index in [-0.39, 0.29) is 34.5 Å². The quantitative estimate of drug-likeness (QED) is 0.320. The first-order valence-corrected chi connectivity index (χ1v) is 9.52. The molecule has 0 heterocycles. The summed E-state index contributed by atoms with van der Waals surface area (Å²) in [6.07, 6.45) is -1.91. The number of aliphatic carboxylic acids is 1. The topological polar surface area (TPSA) is 161 Å². The number of hydrogen-bond donors (Lipinski definition) is 1. The van der Waals surface area contributed by atoms with Crippen molar-refractivity contribution in [3.8, 4) is 34.5 Å². The van der Waals surface area contributed by atoms with Gasteiger partial charge in [0.2, 0.25) is 0 Å². The molecule has 0 unspecified atom stereocenters. The number of benzene rings is 2. The van der Waals surface area contributed by atoms with E-state index in [0.29, 0.717) is 0 Å². The van der Waals surface area contributed by atoms with Crippen LogP contribution in [0.4, 0.5) is 0 Å². The van der Waals surface area contributed by atoms with Crippen LogP contribution in [-0.2, 0) is 24.0 Å². The van der Waals surface area contributed by atoms with E-state index in [1.807, 2.05) is 0 Å². The van der Waals surface area contributed by atoms with Crippen LogP contribution in [0.25, 0.3) is 0 Å². The molecule has 34 heavy (non-hydrogen) atoms. The summed E-state index contributed by atoms with van der Waals surface area (Å²) in [6.45, 7) is 4.53. The molecule has 180 valence electrons. The average Bonchev–Trinajstić information content (AvgIpc) is 2.69. The minimum absolute atomic E-state index is 0.0880. The van der Waals surface area contributed by atoms with Crippen LogP contribution < -0.4 is 28.4 Å². The molecule has 0 spiro atoms. The zero-order chi connectivity index (χ0) is 25.4. The van der Waals surface area contributed by atoms with Crippen molar-refractivity contribution in [3.05, 3.63) is 36.4 Å². The summed E-state index contributed by atoms with van der Waals surface area (Å²) in [5, 5.41) is 9.51. The molecule has 2 aromatic rings. The van der Waals surface area contributed by atoms with Crippen LogP contribution in [0.2, 0.25) is 0 Å². The van der Waals surface area contributed by atoms with E-state index in [4.69, 9.17) is 28.4 Å². The summed E-state index contributed by atoms with van der Waals surface area (Å²) in [5.74, 6) is -5.07. The summed E-state index contributed by atoms with van der Waals surface area (Å²) in [7, 11) is 0. The molecule has 0 amide bonds. The minimum atomic E-state index is -1.91. The van der Waals surface area contributed by atoms with Crippen LogP contribution in [0.1, 0.15) is 27.7 Å². The van der Waals surface area contributed by atoms with Crippen molar-refractivity contribution in [1.82, 2.24) is 0 Å². The highest BCUT2D eigenvalue weighted by molar-refractivity contribution is 5.75. The molecule has 0 aliphatic carbocycles. The van der Waals surface area contributed by atoms with Crippen LogP contribution in [0, 0.1) is 0 Å². The first-order chi connectivity index (χ1) is 15.9. The Hall–Kier alpha value is -4.61.